The van der Waals surface area contributed by atoms with Gasteiger partial charge in [0.25, 0.3) is 0 Å². The van der Waals surface area contributed by atoms with Crippen LogP contribution in [0.15, 0.2) is 67.0 Å². The molecule has 0 N–H and O–H groups in total. The van der Waals surface area contributed by atoms with Gasteiger partial charge in [0.05, 0.1) is 22.9 Å². The van der Waals surface area contributed by atoms with Crippen LogP contribution in [-0.4, -0.2) is 16.2 Å². The molecule has 0 saturated heterocycles. The molecule has 0 fully saturated rings. The Morgan fingerprint density at radius 3 is 2.17 bits per heavy atom. The second-order valence-electron chi connectivity index (χ2n) is 5.80. The fourth-order valence-electron chi connectivity index (χ4n) is 3.28. The van der Waals surface area contributed by atoms with Crippen molar-refractivity contribution in [3.05, 3.63) is 72.8 Å². The van der Waals surface area contributed by atoms with Crippen molar-refractivity contribution in [3.8, 4) is 0 Å². The topological polar surface area (TPSA) is 21.1 Å². The molecule has 4 aromatic rings. The van der Waals surface area contributed by atoms with Gasteiger partial charge in [-0.3, -0.25) is 14.7 Å². The SMILES string of the molecule is CCCN(c1ccncc1F)n1c2ccccc2c2ccccc21. The summed E-state index contributed by atoms with van der Waals surface area (Å²) >= 11 is 0. The van der Waals surface area contributed by atoms with Gasteiger partial charge in [-0.1, -0.05) is 43.3 Å². The van der Waals surface area contributed by atoms with Crippen molar-refractivity contribution in [2.75, 3.05) is 11.6 Å². The minimum atomic E-state index is -0.312. The number of nitrogens with zero attached hydrogens (tertiary/aromatic N) is 3. The van der Waals surface area contributed by atoms with Crippen molar-refractivity contribution in [2.45, 2.75) is 13.3 Å². The third kappa shape index (κ3) is 2.22. The molecule has 0 aliphatic heterocycles. The number of pyridine rings is 1. The Hall–Kier alpha value is -2.88. The molecule has 4 rings (SSSR count). The lowest BCUT2D eigenvalue weighted by Gasteiger charge is -2.27. The van der Waals surface area contributed by atoms with Crippen LogP contribution < -0.4 is 5.01 Å². The molecule has 0 aliphatic rings. The molecule has 120 valence electrons. The van der Waals surface area contributed by atoms with Gasteiger partial charge < -0.3 is 0 Å². The smallest absolute Gasteiger partial charge is 0.166 e. The van der Waals surface area contributed by atoms with Crippen LogP contribution in [0.25, 0.3) is 21.8 Å². The van der Waals surface area contributed by atoms with E-state index >= 15 is 0 Å². The van der Waals surface area contributed by atoms with E-state index in [1.807, 2.05) is 29.3 Å². The zero-order chi connectivity index (χ0) is 16.5. The van der Waals surface area contributed by atoms with Crippen LogP contribution in [-0.2, 0) is 0 Å². The Labute approximate surface area is 139 Å². The van der Waals surface area contributed by atoms with Crippen LogP contribution in [0.5, 0.6) is 0 Å². The number of hydrogen-bond donors (Lipinski definition) is 0. The zero-order valence-electron chi connectivity index (χ0n) is 13.5. The predicted molar refractivity (Wildman–Crippen MR) is 96.7 cm³/mol. The minimum Gasteiger partial charge on any atom is -0.278 e. The average molecular weight is 319 g/mol. The summed E-state index contributed by atoms with van der Waals surface area (Å²) in [7, 11) is 0. The normalized spacial score (nSPS) is 11.2. The Morgan fingerprint density at radius 1 is 0.958 bits per heavy atom. The number of fused-ring (bicyclic) bond motifs is 3. The molecule has 0 aliphatic carbocycles. The van der Waals surface area contributed by atoms with Crippen LogP contribution in [0.1, 0.15) is 13.3 Å². The van der Waals surface area contributed by atoms with Gasteiger partial charge in [0.15, 0.2) is 5.82 Å². The van der Waals surface area contributed by atoms with E-state index in [1.54, 1.807) is 12.3 Å². The Morgan fingerprint density at radius 2 is 1.58 bits per heavy atom. The van der Waals surface area contributed by atoms with Gasteiger partial charge in [-0.2, -0.15) is 0 Å². The third-order valence-electron chi connectivity index (χ3n) is 4.26. The van der Waals surface area contributed by atoms with Gasteiger partial charge >= 0.3 is 0 Å². The summed E-state index contributed by atoms with van der Waals surface area (Å²) < 4.78 is 16.6. The largest absolute Gasteiger partial charge is 0.278 e. The molecule has 0 atom stereocenters. The molecule has 0 amide bonds. The lowest BCUT2D eigenvalue weighted by molar-refractivity contribution is 0.599. The lowest BCUT2D eigenvalue weighted by Crippen LogP contribution is -2.31. The van der Waals surface area contributed by atoms with E-state index in [2.05, 4.69) is 40.8 Å². The molecule has 24 heavy (non-hydrogen) atoms. The molecule has 2 aromatic carbocycles. The van der Waals surface area contributed by atoms with Crippen LogP contribution in [0.4, 0.5) is 10.1 Å². The summed E-state index contributed by atoms with van der Waals surface area (Å²) in [5.41, 5.74) is 2.69. The molecule has 2 aromatic heterocycles. The molecule has 0 bridgehead atoms. The first-order valence-corrected chi connectivity index (χ1v) is 8.16. The second kappa shape index (κ2) is 5.96. The highest BCUT2D eigenvalue weighted by molar-refractivity contribution is 6.08. The average Bonchev–Trinajstić information content (AvgIpc) is 2.95. The maximum absolute atomic E-state index is 14.4. The third-order valence-corrected chi connectivity index (χ3v) is 4.26. The molecular weight excluding hydrogens is 301 g/mol. The van der Waals surface area contributed by atoms with Crippen LogP contribution in [0.2, 0.25) is 0 Å². The van der Waals surface area contributed by atoms with E-state index in [0.717, 1.165) is 17.5 Å². The highest BCUT2D eigenvalue weighted by atomic mass is 19.1. The fourth-order valence-corrected chi connectivity index (χ4v) is 3.28. The summed E-state index contributed by atoms with van der Waals surface area (Å²) in [6.45, 7) is 2.81. The molecule has 4 heteroatoms. The van der Waals surface area contributed by atoms with Crippen molar-refractivity contribution in [3.63, 3.8) is 0 Å². The molecule has 3 nitrogen and oxygen atoms in total. The monoisotopic (exact) mass is 319 g/mol. The Bertz CT molecular complexity index is 953. The standard InChI is InChI=1S/C20H18FN3/c1-2-13-23(20-11-12-22-14-17(20)21)24-18-9-5-3-7-15(18)16-8-4-6-10-19(16)24/h3-12,14H,2,13H2,1H3. The van der Waals surface area contributed by atoms with Crippen LogP contribution in [0.3, 0.4) is 0 Å². The minimum absolute atomic E-state index is 0.312. The first-order chi connectivity index (χ1) is 11.8. The van der Waals surface area contributed by atoms with Gasteiger partial charge in [0.2, 0.25) is 0 Å². The number of anilines is 1. The number of hydrogen-bond acceptors (Lipinski definition) is 2. The lowest BCUT2D eigenvalue weighted by atomic mass is 10.2. The van der Waals surface area contributed by atoms with Gasteiger partial charge in [-0.25, -0.2) is 4.39 Å². The van der Waals surface area contributed by atoms with Gasteiger partial charge in [-0.05, 0) is 24.6 Å². The summed E-state index contributed by atoms with van der Waals surface area (Å²) in [5.74, 6) is -0.312. The van der Waals surface area contributed by atoms with E-state index in [9.17, 15) is 4.39 Å². The van der Waals surface area contributed by atoms with E-state index in [4.69, 9.17) is 0 Å². The highest BCUT2D eigenvalue weighted by Crippen LogP contribution is 2.32. The van der Waals surface area contributed by atoms with Crippen molar-refractivity contribution in [2.24, 2.45) is 0 Å². The predicted octanol–water partition coefficient (Wildman–Crippen LogP) is 5.01. The first kappa shape index (κ1) is 14.7. The van der Waals surface area contributed by atoms with Gasteiger partial charge in [0.1, 0.15) is 0 Å². The Kier molecular flexibility index (Phi) is 3.65. The van der Waals surface area contributed by atoms with E-state index < -0.39 is 0 Å². The summed E-state index contributed by atoms with van der Waals surface area (Å²) in [4.78, 5) is 3.88. The second-order valence-corrected chi connectivity index (χ2v) is 5.80. The maximum atomic E-state index is 14.4. The van der Waals surface area contributed by atoms with Crippen molar-refractivity contribution in [1.82, 2.24) is 9.66 Å². The fraction of sp³-hybridized carbons (Fsp3) is 0.150. The molecule has 0 radical (unpaired) electrons. The van der Waals surface area contributed by atoms with Crippen molar-refractivity contribution < 1.29 is 4.39 Å². The van der Waals surface area contributed by atoms with E-state index in [-0.39, 0.29) is 5.82 Å². The van der Waals surface area contributed by atoms with Crippen LogP contribution in [0, 0.1) is 5.82 Å². The number of halogens is 1. The summed E-state index contributed by atoms with van der Waals surface area (Å²) in [6, 6.07) is 18.2. The first-order valence-electron chi connectivity index (χ1n) is 8.16. The number of rotatable bonds is 4. The van der Waals surface area contributed by atoms with Gasteiger partial charge in [0, 0.05) is 23.5 Å². The maximum Gasteiger partial charge on any atom is 0.166 e. The Balaban J connectivity index is 2.06. The zero-order valence-corrected chi connectivity index (χ0v) is 13.5. The van der Waals surface area contributed by atoms with Crippen LogP contribution >= 0.6 is 0 Å². The van der Waals surface area contributed by atoms with E-state index in [0.29, 0.717) is 12.2 Å². The quantitative estimate of drug-likeness (QED) is 0.527. The molecule has 0 spiro atoms. The number of benzene rings is 2. The van der Waals surface area contributed by atoms with Crippen molar-refractivity contribution >= 4 is 27.5 Å². The molecule has 0 unspecified atom stereocenters. The highest BCUT2D eigenvalue weighted by Gasteiger charge is 2.18. The summed E-state index contributed by atoms with van der Waals surface area (Å²) in [6.07, 6.45) is 3.81. The summed E-state index contributed by atoms with van der Waals surface area (Å²) in [5, 5.41) is 4.34. The molecular formula is C20H18FN3. The van der Waals surface area contributed by atoms with Crippen molar-refractivity contribution in [1.29, 1.82) is 0 Å². The van der Waals surface area contributed by atoms with Gasteiger partial charge in [-0.15, -0.1) is 0 Å². The number of para-hydroxylation sites is 2. The van der Waals surface area contributed by atoms with E-state index in [1.165, 1.54) is 17.0 Å². The molecule has 2 heterocycles. The number of aromatic nitrogens is 2. The molecule has 0 saturated carbocycles.